The zero-order chi connectivity index (χ0) is 21.9. The van der Waals surface area contributed by atoms with E-state index in [-0.39, 0.29) is 26.2 Å². The zero-order valence-corrected chi connectivity index (χ0v) is 18.9. The summed E-state index contributed by atoms with van der Waals surface area (Å²) in [5, 5.41) is 0.494. The molecule has 0 aliphatic rings. The van der Waals surface area contributed by atoms with Gasteiger partial charge in [-0.15, -0.1) is 0 Å². The first-order chi connectivity index (χ1) is 14.1. The van der Waals surface area contributed by atoms with Crippen molar-refractivity contribution in [2.24, 2.45) is 0 Å². The Balaban J connectivity index is 1.76. The normalized spacial score (nSPS) is 11.8. The van der Waals surface area contributed by atoms with Crippen molar-refractivity contribution < 1.29 is 16.8 Å². The fraction of sp³-hybridized carbons (Fsp3) is 0.100. The number of anilines is 2. The molecule has 10 heteroatoms. The molecular weight excluding hydrogens is 467 g/mol. The third kappa shape index (κ3) is 5.46. The van der Waals surface area contributed by atoms with Gasteiger partial charge in [0.05, 0.1) is 16.3 Å². The van der Waals surface area contributed by atoms with Crippen molar-refractivity contribution in [1.82, 2.24) is 0 Å². The molecule has 0 aromatic heterocycles. The second-order valence-corrected chi connectivity index (χ2v) is 10.7. The quantitative estimate of drug-likeness (QED) is 0.490. The van der Waals surface area contributed by atoms with Crippen LogP contribution in [0, 0.1) is 6.92 Å². The van der Waals surface area contributed by atoms with Crippen LogP contribution in [-0.4, -0.2) is 16.8 Å². The van der Waals surface area contributed by atoms with Gasteiger partial charge >= 0.3 is 0 Å². The lowest BCUT2D eigenvalue weighted by Crippen LogP contribution is -2.16. The van der Waals surface area contributed by atoms with Gasteiger partial charge in [0.1, 0.15) is 0 Å². The van der Waals surface area contributed by atoms with Crippen LogP contribution in [0.1, 0.15) is 11.1 Å². The van der Waals surface area contributed by atoms with Crippen LogP contribution in [0.25, 0.3) is 0 Å². The summed E-state index contributed by atoms with van der Waals surface area (Å²) in [5.41, 5.74) is 1.76. The van der Waals surface area contributed by atoms with Gasteiger partial charge in [0.15, 0.2) is 0 Å². The summed E-state index contributed by atoms with van der Waals surface area (Å²) in [6.07, 6.45) is 0. The SMILES string of the molecule is Cc1ccccc1NS(=O)(=O)c1ccc(NS(=O)(=O)Cc2c(Cl)cccc2Cl)cc1. The maximum atomic E-state index is 12.6. The van der Waals surface area contributed by atoms with Crippen LogP contribution in [0.4, 0.5) is 11.4 Å². The molecule has 0 heterocycles. The second-order valence-electron chi connectivity index (χ2n) is 6.51. The average Bonchev–Trinajstić information content (AvgIpc) is 2.67. The molecule has 3 aromatic carbocycles. The highest BCUT2D eigenvalue weighted by atomic mass is 35.5. The van der Waals surface area contributed by atoms with Crippen LogP contribution in [0.3, 0.4) is 0 Å². The molecule has 2 N–H and O–H groups in total. The van der Waals surface area contributed by atoms with Crippen molar-refractivity contribution in [2.45, 2.75) is 17.6 Å². The van der Waals surface area contributed by atoms with E-state index < -0.39 is 25.8 Å². The predicted octanol–water partition coefficient (Wildman–Crippen LogP) is 5.04. The van der Waals surface area contributed by atoms with Gasteiger partial charge in [0.2, 0.25) is 10.0 Å². The summed E-state index contributed by atoms with van der Waals surface area (Å²) in [5.74, 6) is -0.416. The van der Waals surface area contributed by atoms with E-state index in [0.717, 1.165) is 5.56 Å². The summed E-state index contributed by atoms with van der Waals surface area (Å²) < 4.78 is 55.0. The Hall–Kier alpha value is -2.26. The molecule has 0 unspecified atom stereocenters. The molecule has 0 spiro atoms. The van der Waals surface area contributed by atoms with Crippen molar-refractivity contribution in [3.05, 3.63) is 87.9 Å². The Labute approximate surface area is 186 Å². The Morgan fingerprint density at radius 2 is 1.37 bits per heavy atom. The Morgan fingerprint density at radius 3 is 1.97 bits per heavy atom. The number of halogens is 2. The minimum atomic E-state index is -3.82. The minimum Gasteiger partial charge on any atom is -0.283 e. The maximum Gasteiger partial charge on any atom is 0.261 e. The van der Waals surface area contributed by atoms with Crippen LogP contribution in [0.2, 0.25) is 10.0 Å². The van der Waals surface area contributed by atoms with E-state index in [1.54, 1.807) is 43.3 Å². The maximum absolute atomic E-state index is 12.6. The molecule has 0 saturated heterocycles. The van der Waals surface area contributed by atoms with E-state index in [2.05, 4.69) is 9.44 Å². The topological polar surface area (TPSA) is 92.3 Å². The van der Waals surface area contributed by atoms with Crippen LogP contribution in [0.5, 0.6) is 0 Å². The van der Waals surface area contributed by atoms with Gasteiger partial charge in [-0.3, -0.25) is 9.44 Å². The van der Waals surface area contributed by atoms with Crippen LogP contribution >= 0.6 is 23.2 Å². The molecule has 3 aromatic rings. The van der Waals surface area contributed by atoms with Crippen molar-refractivity contribution in [3.63, 3.8) is 0 Å². The number of hydrogen-bond acceptors (Lipinski definition) is 4. The number of hydrogen-bond donors (Lipinski definition) is 2. The van der Waals surface area contributed by atoms with Crippen molar-refractivity contribution in [1.29, 1.82) is 0 Å². The zero-order valence-electron chi connectivity index (χ0n) is 15.8. The van der Waals surface area contributed by atoms with E-state index >= 15 is 0 Å². The van der Waals surface area contributed by atoms with Crippen LogP contribution in [-0.2, 0) is 25.8 Å². The molecule has 0 bridgehead atoms. The molecule has 0 atom stereocenters. The number of sulfonamides is 2. The number of nitrogens with one attached hydrogen (secondary N) is 2. The molecule has 0 aliphatic carbocycles. The van der Waals surface area contributed by atoms with Gasteiger partial charge in [-0.05, 0) is 55.0 Å². The smallest absolute Gasteiger partial charge is 0.261 e. The first-order valence-electron chi connectivity index (χ1n) is 8.69. The molecule has 3 rings (SSSR count). The summed E-state index contributed by atoms with van der Waals surface area (Å²) >= 11 is 12.1. The first-order valence-corrected chi connectivity index (χ1v) is 12.6. The van der Waals surface area contributed by atoms with Gasteiger partial charge in [-0.1, -0.05) is 47.5 Å². The molecule has 0 radical (unpaired) electrons. The molecule has 0 amide bonds. The molecule has 6 nitrogen and oxygen atoms in total. The molecule has 158 valence electrons. The van der Waals surface area contributed by atoms with Crippen LogP contribution < -0.4 is 9.44 Å². The summed E-state index contributed by atoms with van der Waals surface area (Å²) in [4.78, 5) is 0.00264. The molecule has 0 saturated carbocycles. The predicted molar refractivity (Wildman–Crippen MR) is 121 cm³/mol. The highest BCUT2D eigenvalue weighted by Gasteiger charge is 2.18. The van der Waals surface area contributed by atoms with E-state index in [0.29, 0.717) is 5.69 Å². The standard InChI is InChI=1S/C20H18Cl2N2O4S2/c1-14-5-2-3-8-20(14)24-30(27,28)16-11-9-15(10-12-16)23-29(25,26)13-17-18(21)6-4-7-19(17)22/h2-12,23-24H,13H2,1H3. The largest absolute Gasteiger partial charge is 0.283 e. The Bertz CT molecular complexity index is 1260. The number of para-hydroxylation sites is 1. The van der Waals surface area contributed by atoms with Gasteiger partial charge in [0, 0.05) is 21.3 Å². The number of aryl methyl sites for hydroxylation is 1. The highest BCUT2D eigenvalue weighted by Crippen LogP contribution is 2.27. The van der Waals surface area contributed by atoms with Gasteiger partial charge in [-0.2, -0.15) is 0 Å². The highest BCUT2D eigenvalue weighted by molar-refractivity contribution is 7.92. The van der Waals surface area contributed by atoms with E-state index in [9.17, 15) is 16.8 Å². The van der Waals surface area contributed by atoms with E-state index in [4.69, 9.17) is 23.2 Å². The molecule has 0 fully saturated rings. The van der Waals surface area contributed by atoms with E-state index in [1.807, 2.05) is 6.07 Å². The molecule has 0 aliphatic heterocycles. The fourth-order valence-electron chi connectivity index (χ4n) is 2.67. The summed E-state index contributed by atoms with van der Waals surface area (Å²) in [6, 6.07) is 17.1. The van der Waals surface area contributed by atoms with Gasteiger partial charge < -0.3 is 0 Å². The van der Waals surface area contributed by atoms with Crippen molar-refractivity contribution >= 4 is 54.6 Å². The second kappa shape index (κ2) is 8.85. The number of benzene rings is 3. The number of rotatable bonds is 7. The third-order valence-corrected chi connectivity index (χ3v) is 7.53. The van der Waals surface area contributed by atoms with E-state index in [1.165, 1.54) is 24.3 Å². The Kier molecular flexibility index (Phi) is 6.62. The minimum absolute atomic E-state index is 0.00264. The van der Waals surface area contributed by atoms with Crippen molar-refractivity contribution in [2.75, 3.05) is 9.44 Å². The monoisotopic (exact) mass is 484 g/mol. The fourth-order valence-corrected chi connectivity index (χ4v) is 5.75. The summed E-state index contributed by atoms with van der Waals surface area (Å²) in [6.45, 7) is 1.79. The van der Waals surface area contributed by atoms with Crippen molar-refractivity contribution in [3.8, 4) is 0 Å². The first kappa shape index (κ1) is 22.4. The lowest BCUT2D eigenvalue weighted by atomic mass is 10.2. The van der Waals surface area contributed by atoms with Gasteiger partial charge in [-0.25, -0.2) is 16.8 Å². The van der Waals surface area contributed by atoms with Gasteiger partial charge in [0.25, 0.3) is 10.0 Å². The third-order valence-electron chi connectivity index (χ3n) is 4.22. The molecular formula is C20H18Cl2N2O4S2. The lowest BCUT2D eigenvalue weighted by Gasteiger charge is -2.12. The Morgan fingerprint density at radius 1 is 0.767 bits per heavy atom. The average molecular weight is 485 g/mol. The lowest BCUT2D eigenvalue weighted by molar-refractivity contribution is 0.599. The summed E-state index contributed by atoms with van der Waals surface area (Å²) in [7, 11) is -7.64. The molecule has 30 heavy (non-hydrogen) atoms. The van der Waals surface area contributed by atoms with Crippen LogP contribution in [0.15, 0.2) is 71.6 Å².